The molecule has 0 aliphatic carbocycles. The minimum Gasteiger partial charge on any atom is -0.491 e. The minimum atomic E-state index is -0.488. The Bertz CT molecular complexity index is 463. The Hall–Kier alpha value is -1.10. The molecule has 0 bridgehead atoms. The summed E-state index contributed by atoms with van der Waals surface area (Å²) in [7, 11) is 0. The Balaban J connectivity index is 1.84. The molecule has 0 saturated carbocycles. The third-order valence-corrected chi connectivity index (χ3v) is 3.96. The first-order chi connectivity index (χ1) is 9.95. The maximum absolute atomic E-state index is 10.2. The zero-order valence-electron chi connectivity index (χ0n) is 13.5. The fourth-order valence-electron chi connectivity index (χ4n) is 2.60. The van der Waals surface area contributed by atoms with Crippen molar-refractivity contribution in [3.8, 4) is 5.75 Å². The summed E-state index contributed by atoms with van der Waals surface area (Å²) in [5, 5.41) is 10.2. The predicted molar refractivity (Wildman–Crippen MR) is 83.9 cm³/mol. The number of rotatable bonds is 5. The molecule has 1 N–H and O–H groups in total. The molecule has 3 unspecified atom stereocenters. The largest absolute Gasteiger partial charge is 0.491 e. The van der Waals surface area contributed by atoms with Crippen molar-refractivity contribution in [3.05, 3.63) is 29.3 Å². The van der Waals surface area contributed by atoms with Crippen LogP contribution in [-0.2, 0) is 4.74 Å². The standard InChI is InChI=1S/C17H27NO3/c1-12-5-6-13(2)17(7-12)21-11-16(19)9-18-8-15(4)20-10-14(18)3/h5-7,14-16,19H,8-11H2,1-4H3. The van der Waals surface area contributed by atoms with E-state index in [1.54, 1.807) is 0 Å². The van der Waals surface area contributed by atoms with Crippen molar-refractivity contribution in [1.29, 1.82) is 0 Å². The highest BCUT2D eigenvalue weighted by atomic mass is 16.5. The molecule has 1 aromatic rings. The number of hydrogen-bond acceptors (Lipinski definition) is 4. The summed E-state index contributed by atoms with van der Waals surface area (Å²) in [6.45, 7) is 10.8. The van der Waals surface area contributed by atoms with E-state index in [0.29, 0.717) is 19.2 Å². The Labute approximate surface area is 127 Å². The Morgan fingerprint density at radius 3 is 2.90 bits per heavy atom. The summed E-state index contributed by atoms with van der Waals surface area (Å²) in [5.41, 5.74) is 2.27. The quantitative estimate of drug-likeness (QED) is 0.903. The smallest absolute Gasteiger partial charge is 0.122 e. The fourth-order valence-corrected chi connectivity index (χ4v) is 2.60. The molecule has 4 nitrogen and oxygen atoms in total. The van der Waals surface area contributed by atoms with E-state index < -0.39 is 6.10 Å². The van der Waals surface area contributed by atoms with Crippen LogP contribution in [0.1, 0.15) is 25.0 Å². The molecular formula is C17H27NO3. The summed E-state index contributed by atoms with van der Waals surface area (Å²) in [6.07, 6.45) is -0.258. The van der Waals surface area contributed by atoms with E-state index in [4.69, 9.17) is 9.47 Å². The van der Waals surface area contributed by atoms with Gasteiger partial charge in [0.15, 0.2) is 0 Å². The van der Waals surface area contributed by atoms with Crippen molar-refractivity contribution in [1.82, 2.24) is 4.90 Å². The molecule has 1 aliphatic rings. The third-order valence-electron chi connectivity index (χ3n) is 3.96. The molecule has 0 radical (unpaired) electrons. The van der Waals surface area contributed by atoms with Gasteiger partial charge in [0.2, 0.25) is 0 Å². The fraction of sp³-hybridized carbons (Fsp3) is 0.647. The van der Waals surface area contributed by atoms with Gasteiger partial charge < -0.3 is 14.6 Å². The average Bonchev–Trinajstić information content (AvgIpc) is 2.44. The molecule has 0 aromatic heterocycles. The lowest BCUT2D eigenvalue weighted by Gasteiger charge is -2.37. The molecule has 21 heavy (non-hydrogen) atoms. The molecule has 0 spiro atoms. The second-order valence-corrected chi connectivity index (χ2v) is 6.18. The Morgan fingerprint density at radius 2 is 2.14 bits per heavy atom. The Morgan fingerprint density at radius 1 is 1.38 bits per heavy atom. The lowest BCUT2D eigenvalue weighted by atomic mass is 10.1. The molecule has 1 aromatic carbocycles. The number of β-amino-alcohol motifs (C(OH)–C–C–N with tert-alkyl or cyclic N) is 1. The Kier molecular flexibility index (Phi) is 5.62. The van der Waals surface area contributed by atoms with E-state index in [1.807, 2.05) is 26.0 Å². The van der Waals surface area contributed by atoms with Crippen LogP contribution in [0, 0.1) is 13.8 Å². The van der Waals surface area contributed by atoms with Gasteiger partial charge in [0.25, 0.3) is 0 Å². The highest BCUT2D eigenvalue weighted by Crippen LogP contribution is 2.19. The van der Waals surface area contributed by atoms with E-state index >= 15 is 0 Å². The number of morpholine rings is 1. The van der Waals surface area contributed by atoms with Gasteiger partial charge in [-0.1, -0.05) is 12.1 Å². The molecule has 1 aliphatic heterocycles. The number of aliphatic hydroxyl groups is 1. The molecule has 2 rings (SSSR count). The van der Waals surface area contributed by atoms with Crippen molar-refractivity contribution in [2.24, 2.45) is 0 Å². The number of hydrogen-bond donors (Lipinski definition) is 1. The van der Waals surface area contributed by atoms with Crippen molar-refractivity contribution >= 4 is 0 Å². The van der Waals surface area contributed by atoms with E-state index in [9.17, 15) is 5.11 Å². The molecule has 1 heterocycles. The summed E-state index contributed by atoms with van der Waals surface area (Å²) in [6, 6.07) is 6.47. The first-order valence-electron chi connectivity index (χ1n) is 7.69. The number of ether oxygens (including phenoxy) is 2. The summed E-state index contributed by atoms with van der Waals surface area (Å²) in [4.78, 5) is 2.27. The molecular weight excluding hydrogens is 266 g/mol. The van der Waals surface area contributed by atoms with Crippen LogP contribution in [0.5, 0.6) is 5.75 Å². The van der Waals surface area contributed by atoms with Crippen molar-refractivity contribution in [2.75, 3.05) is 26.3 Å². The van der Waals surface area contributed by atoms with Crippen LogP contribution in [-0.4, -0.2) is 54.6 Å². The SMILES string of the molecule is Cc1ccc(C)c(OCC(O)CN2CC(C)OCC2C)c1. The zero-order chi connectivity index (χ0) is 15.4. The molecule has 118 valence electrons. The summed E-state index contributed by atoms with van der Waals surface area (Å²) < 4.78 is 11.4. The van der Waals surface area contributed by atoms with Gasteiger partial charge in [-0.2, -0.15) is 0 Å². The van der Waals surface area contributed by atoms with E-state index in [2.05, 4.69) is 24.8 Å². The monoisotopic (exact) mass is 293 g/mol. The summed E-state index contributed by atoms with van der Waals surface area (Å²) >= 11 is 0. The van der Waals surface area contributed by atoms with Gasteiger partial charge >= 0.3 is 0 Å². The van der Waals surface area contributed by atoms with Gasteiger partial charge in [-0.15, -0.1) is 0 Å². The van der Waals surface area contributed by atoms with Crippen LogP contribution >= 0.6 is 0 Å². The predicted octanol–water partition coefficient (Wildman–Crippen LogP) is 2.15. The maximum atomic E-state index is 10.2. The average molecular weight is 293 g/mol. The van der Waals surface area contributed by atoms with Crippen LogP contribution < -0.4 is 4.74 Å². The van der Waals surface area contributed by atoms with E-state index in [1.165, 1.54) is 5.56 Å². The van der Waals surface area contributed by atoms with Gasteiger partial charge in [-0.05, 0) is 44.9 Å². The molecule has 4 heteroatoms. The van der Waals surface area contributed by atoms with Crippen molar-refractivity contribution in [2.45, 2.75) is 45.9 Å². The van der Waals surface area contributed by atoms with Gasteiger partial charge in [-0.25, -0.2) is 0 Å². The van der Waals surface area contributed by atoms with Gasteiger partial charge in [0, 0.05) is 19.1 Å². The topological polar surface area (TPSA) is 41.9 Å². The number of aryl methyl sites for hydroxylation is 2. The maximum Gasteiger partial charge on any atom is 0.122 e. The highest BCUT2D eigenvalue weighted by molar-refractivity contribution is 5.35. The van der Waals surface area contributed by atoms with Crippen LogP contribution in [0.15, 0.2) is 18.2 Å². The summed E-state index contributed by atoms with van der Waals surface area (Å²) in [5.74, 6) is 0.859. The van der Waals surface area contributed by atoms with Crippen molar-refractivity contribution < 1.29 is 14.6 Å². The first kappa shape index (κ1) is 16.3. The number of benzene rings is 1. The van der Waals surface area contributed by atoms with Crippen LogP contribution in [0.25, 0.3) is 0 Å². The second kappa shape index (κ2) is 7.25. The number of aliphatic hydroxyl groups excluding tert-OH is 1. The third kappa shape index (κ3) is 4.70. The van der Waals surface area contributed by atoms with E-state index in [0.717, 1.165) is 24.5 Å². The molecule has 3 atom stereocenters. The lowest BCUT2D eigenvalue weighted by molar-refractivity contribution is -0.0650. The first-order valence-corrected chi connectivity index (χ1v) is 7.69. The lowest BCUT2D eigenvalue weighted by Crippen LogP contribution is -2.50. The van der Waals surface area contributed by atoms with Crippen LogP contribution in [0.3, 0.4) is 0 Å². The van der Waals surface area contributed by atoms with Crippen molar-refractivity contribution in [3.63, 3.8) is 0 Å². The molecule has 1 saturated heterocycles. The van der Waals surface area contributed by atoms with Crippen LogP contribution in [0.2, 0.25) is 0 Å². The zero-order valence-corrected chi connectivity index (χ0v) is 13.5. The highest BCUT2D eigenvalue weighted by Gasteiger charge is 2.25. The van der Waals surface area contributed by atoms with Crippen LogP contribution in [0.4, 0.5) is 0 Å². The minimum absolute atomic E-state index is 0.230. The normalized spacial score (nSPS) is 24.8. The number of nitrogens with zero attached hydrogens (tertiary/aromatic N) is 1. The van der Waals surface area contributed by atoms with Gasteiger partial charge in [0.05, 0.1) is 12.7 Å². The van der Waals surface area contributed by atoms with Gasteiger partial charge in [0.1, 0.15) is 18.5 Å². The molecule has 0 amide bonds. The molecule has 1 fully saturated rings. The van der Waals surface area contributed by atoms with E-state index in [-0.39, 0.29) is 6.10 Å². The van der Waals surface area contributed by atoms with Gasteiger partial charge in [-0.3, -0.25) is 4.90 Å². The second-order valence-electron chi connectivity index (χ2n) is 6.18.